The second-order valence-electron chi connectivity index (χ2n) is 21.4. The number of alkyl carbamates (subject to hydrolysis) is 2. The quantitative estimate of drug-likeness (QED) is 0.0963. The second kappa shape index (κ2) is 20.0. The summed E-state index contributed by atoms with van der Waals surface area (Å²) in [7, 11) is 2.57. The molecule has 4 N–H and O–H groups in total. The van der Waals surface area contributed by atoms with Crippen molar-refractivity contribution < 1.29 is 47.3 Å². The molecule has 19 heteroatoms. The number of carbonyl (C=O) groups is 4. The Hall–Kier alpha value is -7.41. The Bertz CT molecular complexity index is 3180. The molecule has 6 aromatic rings. The van der Waals surface area contributed by atoms with Crippen LogP contribution in [-0.2, 0) is 30.2 Å². The lowest BCUT2D eigenvalue weighted by atomic mass is 9.82. The van der Waals surface area contributed by atoms with Crippen LogP contribution in [0.3, 0.4) is 0 Å². The van der Waals surface area contributed by atoms with Gasteiger partial charge < -0.3 is 58.7 Å². The molecule has 3 fully saturated rings. The molecule has 5 aliphatic rings. The summed E-state index contributed by atoms with van der Waals surface area (Å²) < 4.78 is 47.9. The first-order valence-electron chi connectivity index (χ1n) is 26.1. The molecule has 4 amide bonds. The molecular weight excluding hydrogens is 962 g/mol. The van der Waals surface area contributed by atoms with E-state index in [-0.39, 0.29) is 35.7 Å². The number of benzene rings is 3. The molecule has 394 valence electrons. The highest BCUT2D eigenvalue weighted by Crippen LogP contribution is 2.48. The molecule has 75 heavy (non-hydrogen) atoms. The summed E-state index contributed by atoms with van der Waals surface area (Å²) in [6.07, 6.45) is 7.39. The maximum atomic E-state index is 17.1. The molecule has 3 aromatic heterocycles. The van der Waals surface area contributed by atoms with Gasteiger partial charge in [0.1, 0.15) is 41.0 Å². The molecule has 0 bridgehead atoms. The van der Waals surface area contributed by atoms with E-state index in [9.17, 15) is 19.2 Å². The molecule has 18 nitrogen and oxygen atoms in total. The Morgan fingerprint density at radius 3 is 2.17 bits per heavy atom. The Balaban J connectivity index is 0.908. The van der Waals surface area contributed by atoms with Crippen molar-refractivity contribution in [2.75, 3.05) is 40.5 Å². The Morgan fingerprint density at radius 1 is 0.787 bits per heavy atom. The zero-order valence-corrected chi connectivity index (χ0v) is 43.2. The Labute approximate surface area is 434 Å². The van der Waals surface area contributed by atoms with Crippen LogP contribution in [0, 0.1) is 17.7 Å². The fraction of sp³-hybridized carbons (Fsp3) is 0.464. The van der Waals surface area contributed by atoms with E-state index in [0.29, 0.717) is 91.9 Å². The topological polar surface area (TPSA) is 207 Å². The van der Waals surface area contributed by atoms with Crippen LogP contribution in [-0.4, -0.2) is 117 Å². The number of H-pyrrole nitrogens is 2. The van der Waals surface area contributed by atoms with E-state index in [1.165, 1.54) is 20.3 Å². The molecule has 3 aromatic carbocycles. The number of aryl methyl sites for hydroxylation is 1. The van der Waals surface area contributed by atoms with Crippen molar-refractivity contribution in [3.63, 3.8) is 0 Å². The third kappa shape index (κ3) is 9.44. The van der Waals surface area contributed by atoms with Gasteiger partial charge in [0, 0.05) is 41.8 Å². The van der Waals surface area contributed by atoms with Crippen LogP contribution in [0.2, 0.25) is 0 Å². The van der Waals surface area contributed by atoms with Crippen molar-refractivity contribution in [1.82, 2.24) is 44.9 Å². The van der Waals surface area contributed by atoms with Gasteiger partial charge in [-0.3, -0.25) is 9.59 Å². The highest BCUT2D eigenvalue weighted by Gasteiger charge is 2.43. The van der Waals surface area contributed by atoms with E-state index in [0.717, 1.165) is 64.7 Å². The largest absolute Gasteiger partial charge is 0.493 e. The van der Waals surface area contributed by atoms with Crippen LogP contribution in [0.15, 0.2) is 67.0 Å². The maximum Gasteiger partial charge on any atom is 0.407 e. The third-order valence-corrected chi connectivity index (χ3v) is 15.7. The first-order chi connectivity index (χ1) is 36.2. The Kier molecular flexibility index (Phi) is 13.3. The first kappa shape index (κ1) is 49.8. The number of rotatable bonds is 11. The zero-order valence-electron chi connectivity index (χ0n) is 43.2. The van der Waals surface area contributed by atoms with E-state index in [1.807, 2.05) is 67.5 Å². The highest BCUT2D eigenvalue weighted by molar-refractivity contribution is 5.93. The molecule has 0 unspecified atom stereocenters. The summed E-state index contributed by atoms with van der Waals surface area (Å²) >= 11 is 0. The standard InChI is InChI=1S/C56H64FN9O9/c1-30(2)47(62-54(69)71-5)51(67)64-18-7-11-41(64)50-59-29-39(61-50)35-23-37(57)46-43-24-36-22-32(15-16-40(36)66(43)53(75-45(46)26-35)33-14-13-31-10-9-20-73-44(31)25-33)38-28-58-49(60-38)42-12-8-19-65(42)52(68)48(63-55(70)72-6)34-17-21-74-56(3,4)27-34/h13-16,22-26,28-30,34,41-42,47-48,53H,7-12,17-21,27H2,1-6H3,(H,58,60)(H,59,61)(H,62,69)(H,63,70)/t34-,41+,42+,47+,48+,53+/m1/s1. The molecule has 5 aliphatic heterocycles. The Morgan fingerprint density at radius 2 is 1.48 bits per heavy atom. The summed E-state index contributed by atoms with van der Waals surface area (Å²) in [6.45, 7) is 9.87. The number of aromatic amines is 2. The zero-order chi connectivity index (χ0) is 52.3. The summed E-state index contributed by atoms with van der Waals surface area (Å²) in [5.74, 6) is 1.17. The minimum Gasteiger partial charge on any atom is -0.493 e. The smallest absolute Gasteiger partial charge is 0.407 e. The lowest BCUT2D eigenvalue weighted by Crippen LogP contribution is -2.54. The van der Waals surface area contributed by atoms with Gasteiger partial charge in [0.05, 0.1) is 79.1 Å². The highest BCUT2D eigenvalue weighted by atomic mass is 19.1. The lowest BCUT2D eigenvalue weighted by Gasteiger charge is -2.40. The number of hydrogen-bond acceptors (Lipinski definition) is 11. The molecule has 8 heterocycles. The van der Waals surface area contributed by atoms with Gasteiger partial charge in [0.25, 0.3) is 0 Å². The molecule has 0 radical (unpaired) electrons. The number of hydrogen-bond donors (Lipinski definition) is 4. The van der Waals surface area contributed by atoms with Gasteiger partial charge in [-0.25, -0.2) is 23.9 Å². The van der Waals surface area contributed by atoms with Crippen molar-refractivity contribution in [3.05, 3.63) is 95.6 Å². The summed E-state index contributed by atoms with van der Waals surface area (Å²) in [5, 5.41) is 6.40. The first-order valence-corrected chi connectivity index (χ1v) is 26.1. The predicted molar refractivity (Wildman–Crippen MR) is 275 cm³/mol. The van der Waals surface area contributed by atoms with Gasteiger partial charge in [-0.2, -0.15) is 0 Å². The van der Waals surface area contributed by atoms with Gasteiger partial charge in [0.15, 0.2) is 0 Å². The molecular formula is C56H64FN9O9. The number of nitrogens with zero attached hydrogens (tertiary/aromatic N) is 5. The van der Waals surface area contributed by atoms with Crippen LogP contribution in [0.4, 0.5) is 14.0 Å². The molecule has 0 spiro atoms. The van der Waals surface area contributed by atoms with Gasteiger partial charge in [-0.05, 0) is 119 Å². The van der Waals surface area contributed by atoms with Gasteiger partial charge in [0.2, 0.25) is 18.0 Å². The van der Waals surface area contributed by atoms with Crippen LogP contribution in [0.25, 0.3) is 44.7 Å². The molecule has 6 atom stereocenters. The minimum absolute atomic E-state index is 0.136. The van der Waals surface area contributed by atoms with Gasteiger partial charge in [-0.15, -0.1) is 0 Å². The number of halogens is 1. The average molecular weight is 1030 g/mol. The van der Waals surface area contributed by atoms with E-state index in [1.54, 1.807) is 17.3 Å². The predicted octanol–water partition coefficient (Wildman–Crippen LogP) is 9.13. The van der Waals surface area contributed by atoms with Crippen LogP contribution in [0.1, 0.15) is 114 Å². The van der Waals surface area contributed by atoms with E-state index < -0.39 is 41.9 Å². The molecule has 0 saturated carbocycles. The van der Waals surface area contributed by atoms with Crippen molar-refractivity contribution in [1.29, 1.82) is 0 Å². The fourth-order valence-electron chi connectivity index (χ4n) is 12.0. The number of nitrogens with one attached hydrogen (secondary N) is 4. The van der Waals surface area contributed by atoms with Gasteiger partial charge >= 0.3 is 12.2 Å². The van der Waals surface area contributed by atoms with Gasteiger partial charge in [-0.1, -0.05) is 32.0 Å². The summed E-state index contributed by atoms with van der Waals surface area (Å²) in [4.78, 5) is 73.2. The van der Waals surface area contributed by atoms with Crippen molar-refractivity contribution in [2.24, 2.45) is 11.8 Å². The number of ether oxygens (including phenoxy) is 5. The maximum absolute atomic E-state index is 17.1. The van der Waals surface area contributed by atoms with Crippen LogP contribution in [0.5, 0.6) is 11.5 Å². The number of fused-ring (bicyclic) bond motifs is 6. The number of aromatic nitrogens is 5. The van der Waals surface area contributed by atoms with E-state index in [4.69, 9.17) is 33.7 Å². The van der Waals surface area contributed by atoms with Crippen molar-refractivity contribution >= 4 is 34.9 Å². The molecule has 0 aliphatic carbocycles. The number of carbonyl (C=O) groups excluding carboxylic acids is 4. The third-order valence-electron chi connectivity index (χ3n) is 15.7. The lowest BCUT2D eigenvalue weighted by molar-refractivity contribution is -0.139. The molecule has 3 saturated heterocycles. The number of likely N-dealkylation sites (tertiary alicyclic amines) is 2. The van der Waals surface area contributed by atoms with Crippen LogP contribution < -0.4 is 20.1 Å². The van der Waals surface area contributed by atoms with E-state index >= 15 is 4.39 Å². The van der Waals surface area contributed by atoms with Crippen molar-refractivity contribution in [2.45, 2.75) is 115 Å². The van der Waals surface area contributed by atoms with Crippen molar-refractivity contribution in [3.8, 4) is 45.3 Å². The second-order valence-corrected chi connectivity index (χ2v) is 21.4. The normalized spacial score (nSPS) is 21.6. The number of imidazole rings is 2. The summed E-state index contributed by atoms with van der Waals surface area (Å²) in [5.41, 5.74) is 5.98. The monoisotopic (exact) mass is 1030 g/mol. The summed E-state index contributed by atoms with van der Waals surface area (Å²) in [6, 6.07) is 15.3. The SMILES string of the molecule is COC(=O)N[C@H](C(=O)N1CCC[C@H]1c1ncc(-c2cc(F)c3c(c2)O[C@@H](c2ccc4c(c2)OCCC4)n2c-3cc3cc(-c4cnc([C@@H]5CCCN5C(=O)[C@@H](NC(=O)OC)[C@@H]5CCOC(C)(C)C5)[nH]4)ccc32)[nH]1)C(C)C. The van der Waals surface area contributed by atoms with E-state index in [2.05, 4.69) is 38.8 Å². The van der Waals surface area contributed by atoms with Crippen LogP contribution >= 0.6 is 0 Å². The fourth-order valence-corrected chi connectivity index (χ4v) is 12.0. The average Bonchev–Trinajstić information content (AvgIpc) is 4.29. The number of amides is 4. The number of methoxy groups -OCH3 is 2. The minimum atomic E-state index is -0.782. The molecule has 11 rings (SSSR count).